The Balaban J connectivity index is 3.45. The Morgan fingerprint density at radius 3 is 2.71 bits per heavy atom. The summed E-state index contributed by atoms with van der Waals surface area (Å²) in [5.74, 6) is 0.200. The van der Waals surface area contributed by atoms with Gasteiger partial charge in [-0.15, -0.1) is 11.3 Å². The maximum Gasteiger partial charge on any atom is 0.297 e. The summed E-state index contributed by atoms with van der Waals surface area (Å²) in [6.45, 7) is 1.61. The Kier molecular flexibility index (Phi) is 3.05. The van der Waals surface area contributed by atoms with E-state index in [1.807, 2.05) is 0 Å². The van der Waals surface area contributed by atoms with Gasteiger partial charge in [0.25, 0.3) is 16.1 Å². The van der Waals surface area contributed by atoms with Crippen molar-refractivity contribution in [2.24, 2.45) is 4.40 Å². The highest BCUT2D eigenvalue weighted by Crippen LogP contribution is 2.33. The van der Waals surface area contributed by atoms with Crippen molar-refractivity contribution in [1.29, 1.82) is 0 Å². The average molecular weight is 233 g/mol. The number of ether oxygens (including phenoxy) is 1. The molecule has 1 aromatic rings. The molecule has 76 valence electrons. The van der Waals surface area contributed by atoms with Gasteiger partial charge in [-0.25, -0.2) is 4.79 Å². The molecule has 0 atom stereocenters. The van der Waals surface area contributed by atoms with E-state index in [4.69, 9.17) is 4.74 Å². The molecule has 0 spiro atoms. The number of hydrogen-bond acceptors (Lipinski definition) is 5. The SMILES string of the molecule is COc1csc(C)c1S(=O)(=O)N=C=O. The number of carbonyl (C=O) groups excluding carboxylic acids is 1. The van der Waals surface area contributed by atoms with Crippen LogP contribution in [0.3, 0.4) is 0 Å². The van der Waals surface area contributed by atoms with Gasteiger partial charge in [0.05, 0.1) is 7.11 Å². The maximum atomic E-state index is 11.4. The van der Waals surface area contributed by atoms with Crippen LogP contribution in [-0.2, 0) is 14.8 Å². The second-order valence-electron chi connectivity index (χ2n) is 2.35. The van der Waals surface area contributed by atoms with Crippen LogP contribution >= 0.6 is 11.3 Å². The molecular formula is C7H7NO4S2. The second-order valence-corrected chi connectivity index (χ2v) is 4.97. The predicted molar refractivity (Wildman–Crippen MR) is 50.9 cm³/mol. The molecule has 7 heteroatoms. The molecule has 0 saturated carbocycles. The van der Waals surface area contributed by atoms with E-state index in [1.54, 1.807) is 12.3 Å². The zero-order valence-electron chi connectivity index (χ0n) is 7.47. The Bertz CT molecular complexity index is 482. The van der Waals surface area contributed by atoms with Crippen LogP contribution < -0.4 is 4.74 Å². The van der Waals surface area contributed by atoms with Gasteiger partial charge >= 0.3 is 0 Å². The molecule has 1 heterocycles. The lowest BCUT2D eigenvalue weighted by Gasteiger charge is -1.99. The van der Waals surface area contributed by atoms with Crippen molar-refractivity contribution in [3.05, 3.63) is 10.3 Å². The summed E-state index contributed by atoms with van der Waals surface area (Å²) in [6.07, 6.45) is 1.01. The van der Waals surface area contributed by atoms with E-state index in [0.717, 1.165) is 6.08 Å². The summed E-state index contributed by atoms with van der Waals surface area (Å²) in [7, 11) is -2.60. The first-order valence-electron chi connectivity index (χ1n) is 3.49. The summed E-state index contributed by atoms with van der Waals surface area (Å²) in [5, 5.41) is 1.54. The number of rotatable bonds is 3. The van der Waals surface area contributed by atoms with Crippen molar-refractivity contribution in [1.82, 2.24) is 0 Å². The summed E-state index contributed by atoms with van der Waals surface area (Å²) < 4.78 is 30.4. The summed E-state index contributed by atoms with van der Waals surface area (Å²) in [6, 6.07) is 0. The molecular weight excluding hydrogens is 226 g/mol. The Morgan fingerprint density at radius 1 is 1.57 bits per heavy atom. The molecule has 0 bridgehead atoms. The zero-order chi connectivity index (χ0) is 10.8. The second kappa shape index (κ2) is 3.91. The molecule has 0 amide bonds. The molecule has 0 saturated heterocycles. The normalized spacial score (nSPS) is 10.7. The fourth-order valence-corrected chi connectivity index (χ4v) is 3.16. The van der Waals surface area contributed by atoms with Crippen LogP contribution in [0.5, 0.6) is 5.75 Å². The minimum Gasteiger partial charge on any atom is -0.494 e. The standard InChI is InChI=1S/C7H7NO4S2/c1-5-7(6(12-2)3-13-5)14(10,11)8-4-9/h3H,1-2H3. The molecule has 0 N–H and O–H groups in total. The number of methoxy groups -OCH3 is 1. The van der Waals surface area contributed by atoms with E-state index in [9.17, 15) is 13.2 Å². The Morgan fingerprint density at radius 2 is 2.21 bits per heavy atom. The molecule has 0 aliphatic heterocycles. The molecule has 0 aliphatic carbocycles. The fourth-order valence-electron chi connectivity index (χ4n) is 0.967. The fraction of sp³-hybridized carbons (Fsp3) is 0.286. The number of sulfonamides is 1. The van der Waals surface area contributed by atoms with Crippen LogP contribution in [0.15, 0.2) is 14.7 Å². The van der Waals surface area contributed by atoms with E-state index < -0.39 is 10.0 Å². The number of thiophene rings is 1. The van der Waals surface area contributed by atoms with Crippen molar-refractivity contribution in [2.45, 2.75) is 11.8 Å². The molecule has 5 nitrogen and oxygen atoms in total. The third-order valence-electron chi connectivity index (χ3n) is 1.52. The molecule has 0 aliphatic rings. The van der Waals surface area contributed by atoms with Gasteiger partial charge in [0.1, 0.15) is 10.6 Å². The Labute approximate surface area is 85.1 Å². The summed E-state index contributed by atoms with van der Waals surface area (Å²) >= 11 is 1.21. The Hall–Kier alpha value is -1.17. The zero-order valence-corrected chi connectivity index (χ0v) is 9.11. The molecule has 0 aromatic carbocycles. The van der Waals surface area contributed by atoms with Gasteiger partial charge in [0.15, 0.2) is 0 Å². The lowest BCUT2D eigenvalue weighted by atomic mass is 10.5. The largest absolute Gasteiger partial charge is 0.494 e. The molecule has 0 fully saturated rings. The molecule has 0 unspecified atom stereocenters. The third-order valence-corrected chi connectivity index (χ3v) is 3.88. The monoisotopic (exact) mass is 233 g/mol. The van der Waals surface area contributed by atoms with Crippen molar-refractivity contribution in [3.8, 4) is 5.75 Å². The molecule has 1 rings (SSSR count). The number of aryl methyl sites for hydroxylation is 1. The number of nitrogens with zero attached hydrogens (tertiary/aromatic N) is 1. The number of hydrogen-bond donors (Lipinski definition) is 0. The molecule has 14 heavy (non-hydrogen) atoms. The lowest BCUT2D eigenvalue weighted by molar-refractivity contribution is 0.405. The van der Waals surface area contributed by atoms with Gasteiger partial charge in [-0.3, -0.25) is 0 Å². The first-order valence-corrected chi connectivity index (χ1v) is 5.81. The minimum atomic E-state index is -3.95. The molecule has 1 aromatic heterocycles. The van der Waals surface area contributed by atoms with Crippen LogP contribution in [-0.4, -0.2) is 21.6 Å². The average Bonchev–Trinajstić information content (AvgIpc) is 2.47. The van der Waals surface area contributed by atoms with Gasteiger partial charge in [-0.05, 0) is 6.92 Å². The minimum absolute atomic E-state index is 0.0617. The highest BCUT2D eigenvalue weighted by atomic mass is 32.2. The van der Waals surface area contributed by atoms with Gasteiger partial charge < -0.3 is 4.74 Å². The van der Waals surface area contributed by atoms with E-state index in [2.05, 4.69) is 4.40 Å². The smallest absolute Gasteiger partial charge is 0.297 e. The lowest BCUT2D eigenvalue weighted by Crippen LogP contribution is -1.99. The van der Waals surface area contributed by atoms with Gasteiger partial charge in [0.2, 0.25) is 0 Å². The van der Waals surface area contributed by atoms with Crippen LogP contribution in [0.1, 0.15) is 4.88 Å². The van der Waals surface area contributed by atoms with Crippen molar-refractivity contribution in [3.63, 3.8) is 0 Å². The van der Waals surface area contributed by atoms with Crippen LogP contribution in [0.2, 0.25) is 0 Å². The van der Waals surface area contributed by atoms with Crippen LogP contribution in [0.4, 0.5) is 0 Å². The van der Waals surface area contributed by atoms with Crippen LogP contribution in [0.25, 0.3) is 0 Å². The molecule has 0 radical (unpaired) electrons. The quantitative estimate of drug-likeness (QED) is 0.578. The highest BCUT2D eigenvalue weighted by molar-refractivity contribution is 7.90. The van der Waals surface area contributed by atoms with E-state index >= 15 is 0 Å². The van der Waals surface area contributed by atoms with E-state index in [1.165, 1.54) is 18.4 Å². The predicted octanol–water partition coefficient (Wildman–Crippen LogP) is 1.09. The van der Waals surface area contributed by atoms with E-state index in [0.29, 0.717) is 4.88 Å². The number of isocyanates is 1. The van der Waals surface area contributed by atoms with Crippen molar-refractivity contribution < 1.29 is 17.9 Å². The van der Waals surface area contributed by atoms with Crippen molar-refractivity contribution in [2.75, 3.05) is 7.11 Å². The van der Waals surface area contributed by atoms with Gasteiger partial charge in [-0.2, -0.15) is 8.42 Å². The summed E-state index contributed by atoms with van der Waals surface area (Å²) in [5.41, 5.74) is 0. The maximum absolute atomic E-state index is 11.4. The third kappa shape index (κ3) is 1.84. The van der Waals surface area contributed by atoms with Crippen molar-refractivity contribution >= 4 is 27.4 Å². The topological polar surface area (TPSA) is 72.8 Å². The first-order chi connectivity index (χ1) is 6.53. The summed E-state index contributed by atoms with van der Waals surface area (Å²) in [4.78, 5) is 10.4. The van der Waals surface area contributed by atoms with E-state index in [-0.39, 0.29) is 10.6 Å². The van der Waals surface area contributed by atoms with Gasteiger partial charge in [0, 0.05) is 10.3 Å². The van der Waals surface area contributed by atoms with Crippen LogP contribution in [0, 0.1) is 6.92 Å². The highest BCUT2D eigenvalue weighted by Gasteiger charge is 2.23. The van der Waals surface area contributed by atoms with Gasteiger partial charge in [-0.1, -0.05) is 4.40 Å². The first kappa shape index (κ1) is 10.9.